The quantitative estimate of drug-likeness (QED) is 0.844. The zero-order chi connectivity index (χ0) is 17.2. The second kappa shape index (κ2) is 6.43. The summed E-state index contributed by atoms with van der Waals surface area (Å²) >= 11 is 0. The van der Waals surface area contributed by atoms with E-state index in [0.717, 1.165) is 17.0 Å². The smallest absolute Gasteiger partial charge is 0.394 e. The molecule has 5 nitrogen and oxygen atoms in total. The highest BCUT2D eigenvalue weighted by Crippen LogP contribution is 2.37. The van der Waals surface area contributed by atoms with Gasteiger partial charge in [0.2, 0.25) is 5.91 Å². The molecule has 0 aromatic heterocycles. The Morgan fingerprint density at radius 2 is 1.83 bits per heavy atom. The van der Waals surface area contributed by atoms with E-state index in [1.54, 1.807) is 0 Å². The molecule has 126 valence electrons. The largest absolute Gasteiger partial charge is 0.484 e. The van der Waals surface area contributed by atoms with Gasteiger partial charge in [0.1, 0.15) is 11.6 Å². The molecule has 2 amide bonds. The van der Waals surface area contributed by atoms with Crippen molar-refractivity contribution in [2.75, 3.05) is 19.7 Å². The van der Waals surface area contributed by atoms with Crippen LogP contribution in [0.3, 0.4) is 0 Å². The number of carbonyl (C=O) groups excluding carboxylic acids is 2. The number of rotatable bonds is 4. The lowest BCUT2D eigenvalue weighted by atomic mass is 9.95. The highest BCUT2D eigenvalue weighted by Gasteiger charge is 2.52. The summed E-state index contributed by atoms with van der Waals surface area (Å²) in [5.74, 6) is -5.52. The van der Waals surface area contributed by atoms with Crippen LogP contribution in [0.5, 0.6) is 5.75 Å². The highest BCUT2D eigenvalue weighted by molar-refractivity contribution is 5.82. The molecule has 1 saturated heterocycles. The predicted molar refractivity (Wildman–Crippen MR) is 70.7 cm³/mol. The summed E-state index contributed by atoms with van der Waals surface area (Å²) < 4.78 is 56.5. The van der Waals surface area contributed by atoms with E-state index < -0.39 is 55.3 Å². The Labute approximate surface area is 129 Å². The maximum absolute atomic E-state index is 12.9. The lowest BCUT2D eigenvalue weighted by Gasteiger charge is -2.18. The van der Waals surface area contributed by atoms with E-state index in [0.29, 0.717) is 0 Å². The average molecular weight is 334 g/mol. The molecule has 0 aliphatic carbocycles. The fourth-order valence-electron chi connectivity index (χ4n) is 2.39. The van der Waals surface area contributed by atoms with E-state index >= 15 is 0 Å². The topological polar surface area (TPSA) is 72.6 Å². The first kappa shape index (κ1) is 17.0. The van der Waals surface area contributed by atoms with Gasteiger partial charge in [0.05, 0.1) is 11.8 Å². The fourth-order valence-corrected chi connectivity index (χ4v) is 2.39. The molecule has 0 saturated carbocycles. The van der Waals surface area contributed by atoms with Gasteiger partial charge in [-0.15, -0.1) is 0 Å². The van der Waals surface area contributed by atoms with Crippen molar-refractivity contribution in [1.29, 1.82) is 0 Å². The van der Waals surface area contributed by atoms with Crippen molar-refractivity contribution < 1.29 is 31.9 Å². The number of amides is 2. The van der Waals surface area contributed by atoms with Crippen molar-refractivity contribution in [1.82, 2.24) is 4.90 Å². The van der Waals surface area contributed by atoms with Gasteiger partial charge in [-0.25, -0.2) is 4.39 Å². The van der Waals surface area contributed by atoms with Crippen LogP contribution < -0.4 is 10.5 Å². The number of nitrogens with two attached hydrogens (primary N) is 1. The summed E-state index contributed by atoms with van der Waals surface area (Å²) in [5.41, 5.74) is 4.98. The Hall–Kier alpha value is -2.32. The third-order valence-electron chi connectivity index (χ3n) is 3.63. The van der Waals surface area contributed by atoms with Crippen LogP contribution in [0.15, 0.2) is 24.3 Å². The van der Waals surface area contributed by atoms with E-state index in [4.69, 9.17) is 10.5 Å². The van der Waals surface area contributed by atoms with Gasteiger partial charge in [-0.2, -0.15) is 13.2 Å². The van der Waals surface area contributed by atoms with Crippen molar-refractivity contribution >= 4 is 11.8 Å². The molecule has 2 rings (SSSR count). The Kier molecular flexibility index (Phi) is 4.76. The van der Waals surface area contributed by atoms with E-state index in [1.807, 2.05) is 0 Å². The predicted octanol–water partition coefficient (Wildman–Crippen LogP) is 1.33. The highest BCUT2D eigenvalue weighted by atomic mass is 19.4. The van der Waals surface area contributed by atoms with Crippen LogP contribution in [0.4, 0.5) is 17.6 Å². The van der Waals surface area contributed by atoms with Crippen molar-refractivity contribution in [3.63, 3.8) is 0 Å². The molecular formula is C14H14F4N2O3. The van der Waals surface area contributed by atoms with Crippen LogP contribution in [0.25, 0.3) is 0 Å². The molecule has 9 heteroatoms. The van der Waals surface area contributed by atoms with Gasteiger partial charge >= 0.3 is 6.18 Å². The van der Waals surface area contributed by atoms with Crippen LogP contribution in [0.1, 0.15) is 0 Å². The number of alkyl halides is 3. The summed E-state index contributed by atoms with van der Waals surface area (Å²) in [6.45, 7) is -1.55. The average Bonchev–Trinajstić information content (AvgIpc) is 2.92. The van der Waals surface area contributed by atoms with Crippen LogP contribution in [0.2, 0.25) is 0 Å². The fraction of sp³-hybridized carbons (Fsp3) is 0.429. The lowest BCUT2D eigenvalue weighted by Crippen LogP contribution is -2.37. The first-order valence-electron chi connectivity index (χ1n) is 6.70. The van der Waals surface area contributed by atoms with Gasteiger partial charge in [-0.1, -0.05) is 0 Å². The third-order valence-corrected chi connectivity index (χ3v) is 3.63. The number of likely N-dealkylation sites (tertiary alicyclic amines) is 1. The number of hydrogen-bond donors (Lipinski definition) is 1. The van der Waals surface area contributed by atoms with E-state index in [1.165, 1.54) is 12.1 Å². The summed E-state index contributed by atoms with van der Waals surface area (Å²) in [4.78, 5) is 24.0. The molecule has 2 N–H and O–H groups in total. The SMILES string of the molecule is NC(=O)[C@@H]1CN(C(=O)COc2ccc(F)cc2)C[C@H]1C(F)(F)F. The molecule has 1 aromatic carbocycles. The minimum absolute atomic E-state index is 0.206. The van der Waals surface area contributed by atoms with Crippen molar-refractivity contribution in [3.05, 3.63) is 30.1 Å². The van der Waals surface area contributed by atoms with Crippen LogP contribution >= 0.6 is 0 Å². The lowest BCUT2D eigenvalue weighted by molar-refractivity contribution is -0.182. The normalized spacial score (nSPS) is 21.3. The Morgan fingerprint density at radius 1 is 1.22 bits per heavy atom. The number of primary amides is 1. The van der Waals surface area contributed by atoms with Gasteiger partial charge in [-0.05, 0) is 24.3 Å². The minimum atomic E-state index is -4.62. The number of hydrogen-bond acceptors (Lipinski definition) is 3. The first-order chi connectivity index (χ1) is 10.7. The molecule has 2 atom stereocenters. The van der Waals surface area contributed by atoms with E-state index in [-0.39, 0.29) is 5.75 Å². The summed E-state index contributed by atoms with van der Waals surface area (Å²) in [7, 11) is 0. The first-order valence-corrected chi connectivity index (χ1v) is 6.70. The van der Waals surface area contributed by atoms with Crippen molar-refractivity contribution in [3.8, 4) is 5.75 Å². The van der Waals surface area contributed by atoms with E-state index in [9.17, 15) is 27.2 Å². The van der Waals surface area contributed by atoms with Crippen LogP contribution in [-0.2, 0) is 9.59 Å². The van der Waals surface area contributed by atoms with E-state index in [2.05, 4.69) is 0 Å². The molecule has 1 heterocycles. The monoisotopic (exact) mass is 334 g/mol. The molecule has 0 spiro atoms. The molecule has 23 heavy (non-hydrogen) atoms. The molecule has 0 bridgehead atoms. The molecule has 1 aromatic rings. The molecule has 1 fully saturated rings. The zero-order valence-electron chi connectivity index (χ0n) is 11.8. The standard InChI is InChI=1S/C14H14F4N2O3/c15-8-1-3-9(4-2-8)23-7-12(21)20-5-10(13(19)22)11(6-20)14(16,17)18/h1-4,10-11H,5-7H2,(H2,19,22)/t10-,11-/m1/s1. The molecule has 0 radical (unpaired) electrons. The summed E-state index contributed by atoms with van der Waals surface area (Å²) in [6.07, 6.45) is -4.62. The van der Waals surface area contributed by atoms with Crippen LogP contribution in [0, 0.1) is 17.7 Å². The number of nitrogens with zero attached hydrogens (tertiary/aromatic N) is 1. The molecule has 1 aliphatic rings. The minimum Gasteiger partial charge on any atom is -0.484 e. The van der Waals surface area contributed by atoms with Crippen LogP contribution in [-0.4, -0.2) is 42.6 Å². The second-order valence-corrected chi connectivity index (χ2v) is 5.20. The molecule has 1 aliphatic heterocycles. The number of ether oxygens (including phenoxy) is 1. The summed E-state index contributed by atoms with van der Waals surface area (Å²) in [6, 6.07) is 4.82. The van der Waals surface area contributed by atoms with Gasteiger partial charge in [-0.3, -0.25) is 9.59 Å². The number of carbonyl (C=O) groups is 2. The zero-order valence-corrected chi connectivity index (χ0v) is 11.8. The molecular weight excluding hydrogens is 320 g/mol. The van der Waals surface area contributed by atoms with Gasteiger partial charge in [0.15, 0.2) is 6.61 Å². The second-order valence-electron chi connectivity index (χ2n) is 5.20. The van der Waals surface area contributed by atoms with Crippen molar-refractivity contribution in [2.24, 2.45) is 17.6 Å². The Balaban J connectivity index is 1.97. The van der Waals surface area contributed by atoms with Crippen molar-refractivity contribution in [2.45, 2.75) is 6.18 Å². The maximum atomic E-state index is 12.9. The Morgan fingerprint density at radius 3 is 2.30 bits per heavy atom. The third kappa shape index (κ3) is 4.11. The maximum Gasteiger partial charge on any atom is 0.394 e. The van der Waals surface area contributed by atoms with Gasteiger partial charge in [0.25, 0.3) is 5.91 Å². The molecule has 0 unspecified atom stereocenters. The summed E-state index contributed by atoms with van der Waals surface area (Å²) in [5, 5.41) is 0. The van der Waals surface area contributed by atoms with Gasteiger partial charge in [0, 0.05) is 13.1 Å². The van der Waals surface area contributed by atoms with Gasteiger partial charge < -0.3 is 15.4 Å². The number of benzene rings is 1. The number of halogens is 4. The Bertz CT molecular complexity index is 589.